The summed E-state index contributed by atoms with van der Waals surface area (Å²) in [6.45, 7) is 2.60. The third kappa shape index (κ3) is 3.87. The van der Waals surface area contributed by atoms with Crippen molar-refractivity contribution in [2.75, 3.05) is 18.8 Å². The van der Waals surface area contributed by atoms with Crippen LogP contribution in [0.2, 0.25) is 0 Å². The minimum Gasteiger partial charge on any atom is -0.445 e. The lowest BCUT2D eigenvalue weighted by molar-refractivity contribution is 0.0995. The zero-order valence-corrected chi connectivity index (χ0v) is 18.0. The average molecular weight is 456 g/mol. The number of nitriles is 1. The highest BCUT2D eigenvalue weighted by molar-refractivity contribution is 6.02. The molecule has 172 valence electrons. The van der Waals surface area contributed by atoms with Gasteiger partial charge in [-0.2, -0.15) is 5.26 Å². The molecule has 0 radical (unpaired) electrons. The first-order valence-electron chi connectivity index (χ1n) is 10.2. The number of nitrogens with zero attached hydrogens (tertiary/aromatic N) is 4. The van der Waals surface area contributed by atoms with Crippen LogP contribution in [0.3, 0.4) is 0 Å². The van der Waals surface area contributed by atoms with Gasteiger partial charge in [-0.05, 0) is 38.5 Å². The van der Waals surface area contributed by atoms with Crippen LogP contribution in [0.4, 0.5) is 14.5 Å². The number of nitrogens with two attached hydrogens (primary N) is 1. The van der Waals surface area contributed by atoms with Gasteiger partial charge in [0, 0.05) is 17.2 Å². The number of ether oxygens (including phenoxy) is 2. The van der Waals surface area contributed by atoms with Gasteiger partial charge in [0.25, 0.3) is 5.91 Å². The number of carbonyl (C=O) groups excluding carboxylic acids is 1. The monoisotopic (exact) mass is 456 g/mol. The van der Waals surface area contributed by atoms with Crippen LogP contribution >= 0.6 is 0 Å². The van der Waals surface area contributed by atoms with Crippen molar-refractivity contribution in [3.8, 4) is 11.9 Å². The highest BCUT2D eigenvalue weighted by Gasteiger charge is 2.57. The van der Waals surface area contributed by atoms with Crippen molar-refractivity contribution in [1.82, 2.24) is 9.97 Å². The van der Waals surface area contributed by atoms with Crippen LogP contribution in [0, 0.1) is 28.5 Å². The summed E-state index contributed by atoms with van der Waals surface area (Å²) < 4.78 is 37.7. The fourth-order valence-corrected chi connectivity index (χ4v) is 4.34. The second kappa shape index (κ2) is 8.37. The molecule has 0 saturated carbocycles. The van der Waals surface area contributed by atoms with Crippen molar-refractivity contribution < 1.29 is 23.0 Å². The van der Waals surface area contributed by atoms with Crippen LogP contribution < -0.4 is 15.8 Å². The highest BCUT2D eigenvalue weighted by atomic mass is 19.1. The summed E-state index contributed by atoms with van der Waals surface area (Å²) in [5, 5.41) is 12.3. The molecule has 1 fully saturated rings. The number of fused-ring (bicyclic) bond motifs is 1. The number of halogens is 2. The van der Waals surface area contributed by atoms with Crippen molar-refractivity contribution >= 4 is 17.4 Å². The van der Waals surface area contributed by atoms with Crippen LogP contribution in [0.5, 0.6) is 5.88 Å². The van der Waals surface area contributed by atoms with Crippen LogP contribution in [0.15, 0.2) is 35.6 Å². The molecule has 0 aliphatic carbocycles. The number of benzene rings is 1. The molecule has 3 heterocycles. The number of rotatable bonds is 5. The van der Waals surface area contributed by atoms with Gasteiger partial charge in [0.2, 0.25) is 12.7 Å². The van der Waals surface area contributed by atoms with E-state index in [1.807, 2.05) is 6.92 Å². The van der Waals surface area contributed by atoms with E-state index < -0.39 is 29.5 Å². The van der Waals surface area contributed by atoms with Gasteiger partial charge in [0.05, 0.1) is 31.2 Å². The van der Waals surface area contributed by atoms with Crippen molar-refractivity contribution in [3.63, 3.8) is 0 Å². The van der Waals surface area contributed by atoms with E-state index in [0.717, 1.165) is 12.4 Å². The van der Waals surface area contributed by atoms with Crippen LogP contribution in [0.1, 0.15) is 36.3 Å². The van der Waals surface area contributed by atoms with Crippen molar-refractivity contribution in [3.05, 3.63) is 47.7 Å². The lowest BCUT2D eigenvalue weighted by Gasteiger charge is -2.41. The maximum absolute atomic E-state index is 15.1. The lowest BCUT2D eigenvalue weighted by Crippen LogP contribution is -2.49. The Labute approximate surface area is 188 Å². The summed E-state index contributed by atoms with van der Waals surface area (Å²) in [6.07, 6.45) is 2.35. The zero-order valence-electron chi connectivity index (χ0n) is 18.0. The molecule has 11 heteroatoms. The number of hydrogen-bond acceptors (Lipinski definition) is 8. The van der Waals surface area contributed by atoms with E-state index in [9.17, 15) is 14.4 Å². The first-order chi connectivity index (χ1) is 15.7. The highest BCUT2D eigenvalue weighted by Crippen LogP contribution is 2.52. The molecular weight excluding hydrogens is 434 g/mol. The molecule has 4 rings (SSSR count). The van der Waals surface area contributed by atoms with E-state index in [1.54, 1.807) is 6.92 Å². The molecule has 1 saturated heterocycles. The van der Waals surface area contributed by atoms with Gasteiger partial charge in [0.1, 0.15) is 28.3 Å². The van der Waals surface area contributed by atoms with Crippen molar-refractivity contribution in [2.45, 2.75) is 31.9 Å². The number of alkyl halides is 1. The van der Waals surface area contributed by atoms with Gasteiger partial charge in [0.15, 0.2) is 0 Å². The molecule has 0 unspecified atom stereocenters. The number of carbonyl (C=O) groups is 1. The second-order valence-electron chi connectivity index (χ2n) is 8.33. The third-order valence-corrected chi connectivity index (χ3v) is 6.26. The van der Waals surface area contributed by atoms with E-state index >= 15 is 4.39 Å². The molecule has 2 aliphatic rings. The van der Waals surface area contributed by atoms with E-state index in [1.165, 1.54) is 18.2 Å². The van der Waals surface area contributed by atoms with E-state index in [-0.39, 0.29) is 41.6 Å². The number of nitrogens with one attached hydrogen (secondary N) is 1. The number of hydrogen-bond donors (Lipinski definition) is 2. The Hall–Kier alpha value is -3.65. The fraction of sp³-hybridized carbons (Fsp3) is 0.409. The fourth-order valence-electron chi connectivity index (χ4n) is 4.34. The maximum atomic E-state index is 15.1. The van der Waals surface area contributed by atoms with E-state index in [0.29, 0.717) is 12.1 Å². The first kappa shape index (κ1) is 22.5. The van der Waals surface area contributed by atoms with Crippen LogP contribution in [-0.2, 0) is 10.3 Å². The molecule has 33 heavy (non-hydrogen) atoms. The van der Waals surface area contributed by atoms with E-state index in [2.05, 4.69) is 31.1 Å². The number of anilines is 1. The van der Waals surface area contributed by atoms with Crippen LogP contribution in [0.25, 0.3) is 0 Å². The zero-order chi connectivity index (χ0) is 23.8. The molecule has 1 aromatic carbocycles. The number of amidine groups is 1. The Morgan fingerprint density at radius 1 is 1.42 bits per heavy atom. The first-order valence-corrected chi connectivity index (χ1v) is 10.2. The lowest BCUT2D eigenvalue weighted by atomic mass is 9.67. The molecule has 9 nitrogen and oxygen atoms in total. The number of amides is 1. The normalized spacial score (nSPS) is 28.4. The Morgan fingerprint density at radius 2 is 2.21 bits per heavy atom. The summed E-state index contributed by atoms with van der Waals surface area (Å²) in [4.78, 5) is 24.9. The van der Waals surface area contributed by atoms with Gasteiger partial charge in [-0.25, -0.2) is 18.7 Å². The Bertz CT molecular complexity index is 1150. The smallest absolute Gasteiger partial charge is 0.275 e. The van der Waals surface area contributed by atoms with E-state index in [4.69, 9.17) is 10.5 Å². The van der Waals surface area contributed by atoms with Crippen LogP contribution in [-0.4, -0.2) is 41.3 Å². The van der Waals surface area contributed by atoms with Crippen molar-refractivity contribution in [2.24, 2.45) is 22.1 Å². The van der Waals surface area contributed by atoms with Gasteiger partial charge in [-0.1, -0.05) is 0 Å². The summed E-state index contributed by atoms with van der Waals surface area (Å²) in [7, 11) is 0. The summed E-state index contributed by atoms with van der Waals surface area (Å²) in [5.74, 6) is -1.35. The predicted octanol–water partition coefficient (Wildman–Crippen LogP) is 2.69. The molecule has 0 spiro atoms. The molecule has 2 aromatic rings. The maximum Gasteiger partial charge on any atom is 0.275 e. The third-order valence-electron chi connectivity index (χ3n) is 6.26. The summed E-state index contributed by atoms with van der Waals surface area (Å²) >= 11 is 0. The van der Waals surface area contributed by atoms with Gasteiger partial charge in [-0.3, -0.25) is 9.79 Å². The summed E-state index contributed by atoms with van der Waals surface area (Å²) in [6, 6.07) is 6.33. The Morgan fingerprint density at radius 3 is 2.88 bits per heavy atom. The molecule has 3 N–H and O–H groups in total. The molecule has 1 amide bonds. The number of aliphatic imine (C=N–C) groups is 1. The Kier molecular flexibility index (Phi) is 5.71. The molecule has 2 aliphatic heterocycles. The minimum atomic E-state index is -1.12. The molecular formula is C22H22F2N6O3. The standard InChI is InChI=1S/C22H22F2N6O3/c1-12-15-6-21(2,9-25)20(26)30-22(15,10-32-12)14-5-13(3-4-16(14)24)29-19(31)17-7-28-18(8-27-17)33-11-23/h3-5,7-8,12,15H,6,10-11H2,1-2H3,(H2,26,30)(H,29,31)/t12-,15-,21+,22-/m0/s1. The molecule has 0 bridgehead atoms. The molecule has 1 aromatic heterocycles. The average Bonchev–Trinajstić information content (AvgIpc) is 3.12. The Balaban J connectivity index is 1.67. The van der Waals surface area contributed by atoms with Gasteiger partial charge < -0.3 is 20.5 Å². The summed E-state index contributed by atoms with van der Waals surface area (Å²) in [5.41, 5.74) is 4.55. The second-order valence-corrected chi connectivity index (χ2v) is 8.33. The van der Waals surface area contributed by atoms with Crippen molar-refractivity contribution in [1.29, 1.82) is 5.26 Å². The van der Waals surface area contributed by atoms with Gasteiger partial charge >= 0.3 is 0 Å². The predicted molar refractivity (Wildman–Crippen MR) is 114 cm³/mol. The number of aromatic nitrogens is 2. The topological polar surface area (TPSA) is 136 Å². The molecule has 4 atom stereocenters. The quantitative estimate of drug-likeness (QED) is 0.706. The largest absolute Gasteiger partial charge is 0.445 e. The minimum absolute atomic E-state index is 0.0364. The van der Waals surface area contributed by atoms with Gasteiger partial charge in [-0.15, -0.1) is 0 Å². The SMILES string of the molecule is C[C@@H]1OC[C@@]2(c3cc(NC(=O)c4cnc(OCF)cn4)ccc3F)N=C(N)[C@@](C)(C#N)C[C@@H]12.